The SMILES string of the molecule is COc1c[c]c(OC)c(-c2ccc3c(c2Cl)CCOC3)c1. The average molecular weight is 304 g/mol. The molecule has 2 aromatic rings. The molecular weight excluding hydrogens is 288 g/mol. The number of hydrogen-bond donors (Lipinski definition) is 0. The third-order valence-electron chi connectivity index (χ3n) is 3.70. The zero-order chi connectivity index (χ0) is 14.8. The largest absolute Gasteiger partial charge is 0.497 e. The van der Waals surface area contributed by atoms with E-state index in [9.17, 15) is 0 Å². The molecule has 3 nitrogen and oxygen atoms in total. The van der Waals surface area contributed by atoms with E-state index in [1.54, 1.807) is 20.3 Å². The van der Waals surface area contributed by atoms with E-state index in [4.69, 9.17) is 25.8 Å². The second-order valence-electron chi connectivity index (χ2n) is 4.85. The molecule has 0 spiro atoms. The molecule has 0 aromatic heterocycles. The molecule has 2 aromatic carbocycles. The Bertz CT molecular complexity index is 667. The third kappa shape index (κ3) is 2.59. The normalized spacial score (nSPS) is 13.7. The van der Waals surface area contributed by atoms with Gasteiger partial charge in [0.05, 0.1) is 32.5 Å². The average Bonchev–Trinajstić information content (AvgIpc) is 2.55. The first-order valence-corrected chi connectivity index (χ1v) is 7.14. The summed E-state index contributed by atoms with van der Waals surface area (Å²) in [4.78, 5) is 0. The van der Waals surface area contributed by atoms with Crippen molar-refractivity contribution in [3.63, 3.8) is 0 Å². The zero-order valence-electron chi connectivity index (χ0n) is 12.0. The first-order valence-electron chi connectivity index (χ1n) is 6.76. The van der Waals surface area contributed by atoms with E-state index in [2.05, 4.69) is 12.1 Å². The van der Waals surface area contributed by atoms with Crippen LogP contribution in [0.5, 0.6) is 11.5 Å². The van der Waals surface area contributed by atoms with Crippen LogP contribution >= 0.6 is 11.6 Å². The zero-order valence-corrected chi connectivity index (χ0v) is 12.8. The molecule has 0 saturated carbocycles. The maximum atomic E-state index is 6.62. The van der Waals surface area contributed by atoms with Crippen LogP contribution in [-0.4, -0.2) is 20.8 Å². The highest BCUT2D eigenvalue weighted by atomic mass is 35.5. The predicted molar refractivity (Wildman–Crippen MR) is 82.2 cm³/mol. The van der Waals surface area contributed by atoms with Crippen LogP contribution < -0.4 is 9.47 Å². The van der Waals surface area contributed by atoms with E-state index in [1.807, 2.05) is 12.1 Å². The second kappa shape index (κ2) is 5.96. The van der Waals surface area contributed by atoms with Crippen LogP contribution in [0.25, 0.3) is 11.1 Å². The Morgan fingerprint density at radius 2 is 2.05 bits per heavy atom. The van der Waals surface area contributed by atoms with E-state index < -0.39 is 0 Å². The summed E-state index contributed by atoms with van der Waals surface area (Å²) < 4.78 is 16.2. The van der Waals surface area contributed by atoms with Crippen LogP contribution in [0, 0.1) is 6.07 Å². The number of methoxy groups -OCH3 is 2. The number of ether oxygens (including phenoxy) is 3. The monoisotopic (exact) mass is 303 g/mol. The van der Waals surface area contributed by atoms with Gasteiger partial charge in [-0.15, -0.1) is 0 Å². The second-order valence-corrected chi connectivity index (χ2v) is 5.23. The lowest BCUT2D eigenvalue weighted by Crippen LogP contribution is -2.10. The van der Waals surface area contributed by atoms with Crippen molar-refractivity contribution in [3.05, 3.63) is 46.5 Å². The Morgan fingerprint density at radius 3 is 2.81 bits per heavy atom. The van der Waals surface area contributed by atoms with E-state index in [0.717, 1.165) is 39.4 Å². The fourth-order valence-electron chi connectivity index (χ4n) is 2.58. The Kier molecular flexibility index (Phi) is 4.04. The molecule has 1 aliphatic heterocycles. The van der Waals surface area contributed by atoms with E-state index in [-0.39, 0.29) is 0 Å². The fraction of sp³-hybridized carbons (Fsp3) is 0.294. The van der Waals surface area contributed by atoms with Crippen molar-refractivity contribution in [2.75, 3.05) is 20.8 Å². The number of hydrogen-bond acceptors (Lipinski definition) is 3. The van der Waals surface area contributed by atoms with Crippen molar-refractivity contribution in [2.45, 2.75) is 13.0 Å². The van der Waals surface area contributed by atoms with E-state index >= 15 is 0 Å². The molecule has 0 fully saturated rings. The quantitative estimate of drug-likeness (QED) is 0.861. The Morgan fingerprint density at radius 1 is 1.19 bits per heavy atom. The van der Waals surface area contributed by atoms with Crippen molar-refractivity contribution in [3.8, 4) is 22.6 Å². The summed E-state index contributed by atoms with van der Waals surface area (Å²) in [6.45, 7) is 1.33. The lowest BCUT2D eigenvalue weighted by Gasteiger charge is -2.20. The smallest absolute Gasteiger partial charge is 0.134 e. The van der Waals surface area contributed by atoms with Crippen molar-refractivity contribution in [2.24, 2.45) is 0 Å². The highest BCUT2D eigenvalue weighted by Gasteiger charge is 2.18. The maximum absolute atomic E-state index is 6.62. The minimum Gasteiger partial charge on any atom is -0.497 e. The van der Waals surface area contributed by atoms with Crippen molar-refractivity contribution in [1.82, 2.24) is 0 Å². The number of fused-ring (bicyclic) bond motifs is 1. The van der Waals surface area contributed by atoms with Crippen LogP contribution in [0.3, 0.4) is 0 Å². The summed E-state index contributed by atoms with van der Waals surface area (Å²) in [6.07, 6.45) is 0.831. The van der Waals surface area contributed by atoms with Gasteiger partial charge in [0, 0.05) is 17.2 Å². The van der Waals surface area contributed by atoms with Crippen molar-refractivity contribution >= 4 is 11.6 Å². The fourth-order valence-corrected chi connectivity index (χ4v) is 2.96. The van der Waals surface area contributed by atoms with Gasteiger partial charge in [-0.05, 0) is 29.7 Å². The minimum atomic E-state index is 0.622. The van der Waals surface area contributed by atoms with Crippen LogP contribution in [0.4, 0.5) is 0 Å². The van der Waals surface area contributed by atoms with Gasteiger partial charge in [-0.25, -0.2) is 0 Å². The highest BCUT2D eigenvalue weighted by Crippen LogP contribution is 2.40. The molecule has 21 heavy (non-hydrogen) atoms. The van der Waals surface area contributed by atoms with Gasteiger partial charge in [-0.3, -0.25) is 0 Å². The molecule has 0 saturated heterocycles. The standard InChI is InChI=1S/C17H16ClO3/c1-19-12-4-6-16(20-2)15(9-12)14-5-3-11-10-21-8-7-13(11)17(14)18/h3-5,9H,7-8,10H2,1-2H3. The van der Waals surface area contributed by atoms with Gasteiger partial charge in [-0.2, -0.15) is 0 Å². The lowest BCUT2D eigenvalue weighted by atomic mass is 9.96. The summed E-state index contributed by atoms with van der Waals surface area (Å²) in [6, 6.07) is 10.8. The van der Waals surface area contributed by atoms with Gasteiger partial charge in [-0.1, -0.05) is 23.7 Å². The van der Waals surface area contributed by atoms with Crippen LogP contribution in [0.1, 0.15) is 11.1 Å². The molecule has 1 radical (unpaired) electrons. The molecule has 0 amide bonds. The van der Waals surface area contributed by atoms with Gasteiger partial charge in [0.2, 0.25) is 0 Å². The number of rotatable bonds is 3. The van der Waals surface area contributed by atoms with Gasteiger partial charge < -0.3 is 14.2 Å². The molecule has 0 aliphatic carbocycles. The van der Waals surface area contributed by atoms with Crippen LogP contribution in [0.2, 0.25) is 5.02 Å². The topological polar surface area (TPSA) is 27.7 Å². The number of halogens is 1. The highest BCUT2D eigenvalue weighted by molar-refractivity contribution is 6.34. The first kappa shape index (κ1) is 14.2. The van der Waals surface area contributed by atoms with Crippen LogP contribution in [0.15, 0.2) is 24.3 Å². The van der Waals surface area contributed by atoms with Crippen molar-refractivity contribution < 1.29 is 14.2 Å². The van der Waals surface area contributed by atoms with Crippen molar-refractivity contribution in [1.29, 1.82) is 0 Å². The third-order valence-corrected chi connectivity index (χ3v) is 4.13. The van der Waals surface area contributed by atoms with E-state index in [0.29, 0.717) is 19.0 Å². The summed E-state index contributed by atoms with van der Waals surface area (Å²) in [5.74, 6) is 1.38. The summed E-state index contributed by atoms with van der Waals surface area (Å²) in [7, 11) is 3.26. The van der Waals surface area contributed by atoms with Gasteiger partial charge >= 0.3 is 0 Å². The maximum Gasteiger partial charge on any atom is 0.134 e. The summed E-state index contributed by atoms with van der Waals surface area (Å²) in [5, 5.41) is 0.760. The molecule has 1 heterocycles. The van der Waals surface area contributed by atoms with Gasteiger partial charge in [0.1, 0.15) is 11.5 Å². The first-order chi connectivity index (χ1) is 10.2. The Hall–Kier alpha value is -1.71. The van der Waals surface area contributed by atoms with Crippen LogP contribution in [-0.2, 0) is 17.8 Å². The molecule has 109 valence electrons. The molecule has 0 atom stereocenters. The molecule has 0 unspecified atom stereocenters. The molecule has 1 aliphatic rings. The molecule has 0 N–H and O–H groups in total. The van der Waals surface area contributed by atoms with Gasteiger partial charge in [0.25, 0.3) is 0 Å². The lowest BCUT2D eigenvalue weighted by molar-refractivity contribution is 0.111. The summed E-state index contributed by atoms with van der Waals surface area (Å²) >= 11 is 6.62. The Labute approximate surface area is 129 Å². The Balaban J connectivity index is 2.16. The predicted octanol–water partition coefficient (Wildman–Crippen LogP) is 3.90. The summed E-state index contributed by atoms with van der Waals surface area (Å²) in [5.41, 5.74) is 4.13. The number of benzene rings is 2. The molecular formula is C17H16ClO3. The minimum absolute atomic E-state index is 0.622. The molecule has 4 heteroatoms. The van der Waals surface area contributed by atoms with E-state index in [1.165, 1.54) is 0 Å². The van der Waals surface area contributed by atoms with Gasteiger partial charge in [0.15, 0.2) is 0 Å². The molecule has 0 bridgehead atoms. The molecule has 3 rings (SSSR count).